The van der Waals surface area contributed by atoms with Crippen LogP contribution in [0.15, 0.2) is 6.07 Å². The van der Waals surface area contributed by atoms with E-state index in [1.165, 1.54) is 0 Å². The number of nitrogens with zero attached hydrogens (tertiary/aromatic N) is 2. The predicted molar refractivity (Wildman–Crippen MR) is 63.6 cm³/mol. The lowest BCUT2D eigenvalue weighted by Crippen LogP contribution is -2.15. The molecule has 1 N–H and O–H groups in total. The largest absolute Gasteiger partial charge is 0.381 e. The molecule has 2 rings (SSSR count). The number of aromatic nitrogens is 2. The maximum atomic E-state index is 5.34. The van der Waals surface area contributed by atoms with Crippen molar-refractivity contribution in [1.82, 2.24) is 9.97 Å². The molecule has 1 aromatic heterocycles. The highest BCUT2D eigenvalue weighted by Crippen LogP contribution is 2.14. The first kappa shape index (κ1) is 11.3. The van der Waals surface area contributed by atoms with Crippen LogP contribution in [0.5, 0.6) is 0 Å². The molecule has 88 valence electrons. The molecule has 2 heterocycles. The van der Waals surface area contributed by atoms with Gasteiger partial charge in [-0.05, 0) is 19.8 Å². The zero-order valence-corrected chi connectivity index (χ0v) is 9.99. The lowest BCUT2D eigenvalue weighted by molar-refractivity contribution is 0.187. The van der Waals surface area contributed by atoms with E-state index in [2.05, 4.69) is 22.2 Å². The third-order valence-electron chi connectivity index (χ3n) is 2.85. The van der Waals surface area contributed by atoms with Crippen LogP contribution in [-0.4, -0.2) is 29.7 Å². The summed E-state index contributed by atoms with van der Waals surface area (Å²) in [6.07, 6.45) is 2.10. The molecule has 0 aliphatic carbocycles. The Kier molecular flexibility index (Phi) is 3.72. The highest BCUT2D eigenvalue weighted by molar-refractivity contribution is 5.36. The van der Waals surface area contributed by atoms with Crippen LogP contribution in [0.2, 0.25) is 0 Å². The second kappa shape index (κ2) is 5.25. The maximum absolute atomic E-state index is 5.34. The van der Waals surface area contributed by atoms with Crippen LogP contribution >= 0.6 is 0 Å². The van der Waals surface area contributed by atoms with Gasteiger partial charge in [0.2, 0.25) is 0 Å². The average molecular weight is 221 g/mol. The first-order valence-electron chi connectivity index (χ1n) is 5.94. The van der Waals surface area contributed by atoms with Crippen LogP contribution in [0, 0.1) is 12.8 Å². The molecule has 1 unspecified atom stereocenters. The number of anilines is 1. The highest BCUT2D eigenvalue weighted by atomic mass is 16.5. The van der Waals surface area contributed by atoms with Crippen LogP contribution in [0.4, 0.5) is 5.82 Å². The smallest absolute Gasteiger partial charge is 0.129 e. The van der Waals surface area contributed by atoms with Crippen LogP contribution in [0.1, 0.15) is 24.9 Å². The normalized spacial score (nSPS) is 20.0. The second-order valence-electron chi connectivity index (χ2n) is 4.26. The highest BCUT2D eigenvalue weighted by Gasteiger charge is 2.15. The monoisotopic (exact) mass is 221 g/mol. The Labute approximate surface area is 96.4 Å². The molecule has 1 aromatic rings. The van der Waals surface area contributed by atoms with E-state index < -0.39 is 0 Å². The predicted octanol–water partition coefficient (Wildman–Crippen LogP) is 1.80. The van der Waals surface area contributed by atoms with Gasteiger partial charge in [0, 0.05) is 30.8 Å². The van der Waals surface area contributed by atoms with Crippen LogP contribution in [0.25, 0.3) is 0 Å². The van der Waals surface area contributed by atoms with Crippen molar-refractivity contribution in [1.29, 1.82) is 0 Å². The summed E-state index contributed by atoms with van der Waals surface area (Å²) in [5.41, 5.74) is 1.10. The zero-order chi connectivity index (χ0) is 11.4. The number of rotatable bonds is 4. The molecule has 1 atom stereocenters. The Morgan fingerprint density at radius 1 is 1.50 bits per heavy atom. The molecule has 0 amide bonds. The number of hydrogen-bond donors (Lipinski definition) is 1. The Hall–Kier alpha value is -1.16. The summed E-state index contributed by atoms with van der Waals surface area (Å²) < 4.78 is 5.34. The summed E-state index contributed by atoms with van der Waals surface area (Å²) in [4.78, 5) is 8.74. The van der Waals surface area contributed by atoms with E-state index in [-0.39, 0.29) is 0 Å². The standard InChI is InChI=1S/C12H19N3O/c1-3-11-6-12(15-9(2)14-11)13-7-10-4-5-16-8-10/h6,10H,3-5,7-8H2,1-2H3,(H,13,14,15). The molecule has 16 heavy (non-hydrogen) atoms. The topological polar surface area (TPSA) is 47.0 Å². The zero-order valence-electron chi connectivity index (χ0n) is 9.99. The van der Waals surface area contributed by atoms with Gasteiger partial charge >= 0.3 is 0 Å². The van der Waals surface area contributed by atoms with E-state index in [1.54, 1.807) is 0 Å². The van der Waals surface area contributed by atoms with Crippen molar-refractivity contribution < 1.29 is 4.74 Å². The van der Waals surface area contributed by atoms with Crippen molar-refractivity contribution in [3.8, 4) is 0 Å². The van der Waals surface area contributed by atoms with Crippen molar-refractivity contribution in [2.75, 3.05) is 25.1 Å². The summed E-state index contributed by atoms with van der Waals surface area (Å²) in [7, 11) is 0. The number of ether oxygens (including phenoxy) is 1. The molecule has 4 nitrogen and oxygen atoms in total. The summed E-state index contributed by atoms with van der Waals surface area (Å²) in [6.45, 7) is 6.76. The Morgan fingerprint density at radius 2 is 2.38 bits per heavy atom. The van der Waals surface area contributed by atoms with E-state index in [0.29, 0.717) is 5.92 Å². The van der Waals surface area contributed by atoms with Gasteiger partial charge in [-0.2, -0.15) is 0 Å². The van der Waals surface area contributed by atoms with E-state index in [9.17, 15) is 0 Å². The Bertz CT molecular complexity index is 348. The van der Waals surface area contributed by atoms with Crippen molar-refractivity contribution in [2.24, 2.45) is 5.92 Å². The average Bonchev–Trinajstić information content (AvgIpc) is 2.78. The molecular weight excluding hydrogens is 202 g/mol. The minimum Gasteiger partial charge on any atom is -0.381 e. The molecule has 0 bridgehead atoms. The minimum absolute atomic E-state index is 0.625. The lowest BCUT2D eigenvalue weighted by atomic mass is 10.1. The summed E-state index contributed by atoms with van der Waals surface area (Å²) in [6, 6.07) is 2.03. The minimum atomic E-state index is 0.625. The molecule has 1 aliphatic rings. The van der Waals surface area contributed by atoms with Gasteiger partial charge in [0.15, 0.2) is 0 Å². The van der Waals surface area contributed by atoms with E-state index in [1.807, 2.05) is 13.0 Å². The second-order valence-corrected chi connectivity index (χ2v) is 4.26. The van der Waals surface area contributed by atoms with Gasteiger partial charge in [0.25, 0.3) is 0 Å². The van der Waals surface area contributed by atoms with Crippen molar-refractivity contribution in [3.05, 3.63) is 17.6 Å². The first-order valence-corrected chi connectivity index (χ1v) is 5.94. The fourth-order valence-corrected chi connectivity index (χ4v) is 1.89. The summed E-state index contributed by atoms with van der Waals surface area (Å²) in [5.74, 6) is 2.40. The Morgan fingerprint density at radius 3 is 3.06 bits per heavy atom. The molecule has 0 aromatic carbocycles. The number of aryl methyl sites for hydroxylation is 2. The molecule has 1 saturated heterocycles. The number of hydrogen-bond acceptors (Lipinski definition) is 4. The van der Waals surface area contributed by atoms with Gasteiger partial charge in [-0.25, -0.2) is 9.97 Å². The van der Waals surface area contributed by atoms with Crippen molar-refractivity contribution in [2.45, 2.75) is 26.7 Å². The Balaban J connectivity index is 1.94. The molecular formula is C12H19N3O. The van der Waals surface area contributed by atoms with E-state index in [4.69, 9.17) is 4.74 Å². The van der Waals surface area contributed by atoms with Crippen LogP contribution in [-0.2, 0) is 11.2 Å². The van der Waals surface area contributed by atoms with Gasteiger partial charge in [0.05, 0.1) is 6.61 Å². The van der Waals surface area contributed by atoms with Gasteiger partial charge < -0.3 is 10.1 Å². The quantitative estimate of drug-likeness (QED) is 0.842. The molecule has 1 aliphatic heterocycles. The summed E-state index contributed by atoms with van der Waals surface area (Å²) in [5, 5.41) is 3.37. The van der Waals surface area contributed by atoms with Crippen molar-refractivity contribution >= 4 is 5.82 Å². The maximum Gasteiger partial charge on any atom is 0.129 e. The lowest BCUT2D eigenvalue weighted by Gasteiger charge is -2.11. The van der Waals surface area contributed by atoms with Gasteiger partial charge in [-0.15, -0.1) is 0 Å². The third kappa shape index (κ3) is 2.92. The summed E-state index contributed by atoms with van der Waals surface area (Å²) >= 11 is 0. The molecule has 0 saturated carbocycles. The van der Waals surface area contributed by atoms with Gasteiger partial charge in [0.1, 0.15) is 11.6 Å². The fourth-order valence-electron chi connectivity index (χ4n) is 1.89. The number of nitrogens with one attached hydrogen (secondary N) is 1. The molecule has 4 heteroatoms. The first-order chi connectivity index (χ1) is 7.78. The molecule has 0 radical (unpaired) electrons. The van der Waals surface area contributed by atoms with Gasteiger partial charge in [-0.3, -0.25) is 0 Å². The SMILES string of the molecule is CCc1cc(NCC2CCOC2)nc(C)n1. The van der Waals surface area contributed by atoms with Gasteiger partial charge in [-0.1, -0.05) is 6.92 Å². The fraction of sp³-hybridized carbons (Fsp3) is 0.667. The molecule has 0 spiro atoms. The van der Waals surface area contributed by atoms with Crippen molar-refractivity contribution in [3.63, 3.8) is 0 Å². The van der Waals surface area contributed by atoms with Crippen LogP contribution in [0.3, 0.4) is 0 Å². The van der Waals surface area contributed by atoms with E-state index in [0.717, 1.165) is 49.9 Å². The third-order valence-corrected chi connectivity index (χ3v) is 2.85. The molecule has 1 fully saturated rings. The van der Waals surface area contributed by atoms with Crippen LogP contribution < -0.4 is 5.32 Å². The van der Waals surface area contributed by atoms with E-state index >= 15 is 0 Å².